The number of rotatable bonds is 3. The summed E-state index contributed by atoms with van der Waals surface area (Å²) in [7, 11) is 0. The van der Waals surface area contributed by atoms with E-state index in [0.29, 0.717) is 0 Å². The van der Waals surface area contributed by atoms with Gasteiger partial charge in [-0.3, -0.25) is 19.7 Å². The molecule has 2 rings (SSSR count). The maximum absolute atomic E-state index is 12.1. The Hall–Kier alpha value is -2.18. The van der Waals surface area contributed by atoms with E-state index in [1.54, 1.807) is 0 Å². The molecule has 0 bridgehead atoms. The second-order valence-electron chi connectivity index (χ2n) is 5.94. The number of nitrogens with one attached hydrogen (secondary N) is 2. The van der Waals surface area contributed by atoms with Crippen LogP contribution in [0.15, 0.2) is 17.1 Å². The number of carbonyl (C=O) groups is 1. The molecule has 0 aliphatic heterocycles. The second-order valence-corrected chi connectivity index (χ2v) is 5.94. The Morgan fingerprint density at radius 1 is 1.55 bits per heavy atom. The Kier molecular flexibility index (Phi) is 3.61. The molecule has 0 radical (unpaired) electrons. The number of hydrogen-bond donors (Lipinski definition) is 2. The van der Waals surface area contributed by atoms with Crippen LogP contribution in [-0.2, 0) is 0 Å². The van der Waals surface area contributed by atoms with E-state index >= 15 is 0 Å². The fourth-order valence-corrected chi connectivity index (χ4v) is 2.57. The van der Waals surface area contributed by atoms with Crippen LogP contribution >= 0.6 is 0 Å². The molecule has 1 atom stereocenters. The summed E-state index contributed by atoms with van der Waals surface area (Å²) in [5.41, 5.74) is -0.969. The Morgan fingerprint density at radius 3 is 2.80 bits per heavy atom. The summed E-state index contributed by atoms with van der Waals surface area (Å²) in [6.07, 6.45) is 3.68. The minimum Gasteiger partial charge on any atom is -0.349 e. The minimum absolute atomic E-state index is 0.0103. The number of pyridine rings is 1. The van der Waals surface area contributed by atoms with Gasteiger partial charge in [0, 0.05) is 12.1 Å². The van der Waals surface area contributed by atoms with Crippen LogP contribution in [0.1, 0.15) is 43.5 Å². The quantitative estimate of drug-likeness (QED) is 0.647. The molecule has 1 heterocycles. The monoisotopic (exact) mass is 279 g/mol. The fraction of sp³-hybridized carbons (Fsp3) is 0.538. The van der Waals surface area contributed by atoms with E-state index in [4.69, 9.17) is 0 Å². The van der Waals surface area contributed by atoms with Gasteiger partial charge in [0.2, 0.25) is 0 Å². The first-order chi connectivity index (χ1) is 9.28. The molecule has 1 saturated carbocycles. The molecule has 1 unspecified atom stereocenters. The standard InChI is InChI=1S/C13H17N3O4/c1-13(2)4-3-8(6-13)15-12(18)10-5-9(16(19)20)7-14-11(10)17/h5,7-8H,3-4,6H2,1-2H3,(H,14,17)(H,15,18). The van der Waals surface area contributed by atoms with Crippen LogP contribution in [0.2, 0.25) is 0 Å². The number of aromatic amines is 1. The molecule has 20 heavy (non-hydrogen) atoms. The van der Waals surface area contributed by atoms with Gasteiger partial charge in [0.15, 0.2) is 0 Å². The molecular weight excluding hydrogens is 262 g/mol. The van der Waals surface area contributed by atoms with Gasteiger partial charge in [-0.25, -0.2) is 0 Å². The molecule has 1 fully saturated rings. The Labute approximate surface area is 115 Å². The van der Waals surface area contributed by atoms with Crippen LogP contribution in [0.5, 0.6) is 0 Å². The molecule has 1 aliphatic rings. The zero-order valence-corrected chi connectivity index (χ0v) is 11.4. The Morgan fingerprint density at radius 2 is 2.25 bits per heavy atom. The zero-order chi connectivity index (χ0) is 14.9. The summed E-state index contributed by atoms with van der Waals surface area (Å²) >= 11 is 0. The highest BCUT2D eigenvalue weighted by Crippen LogP contribution is 2.36. The van der Waals surface area contributed by atoms with Crippen molar-refractivity contribution in [2.75, 3.05) is 0 Å². The van der Waals surface area contributed by atoms with Gasteiger partial charge in [0.25, 0.3) is 17.2 Å². The summed E-state index contributed by atoms with van der Waals surface area (Å²) in [4.78, 5) is 35.9. The molecule has 1 aromatic rings. The highest BCUT2D eigenvalue weighted by molar-refractivity contribution is 5.94. The van der Waals surface area contributed by atoms with E-state index in [-0.39, 0.29) is 22.7 Å². The molecule has 7 heteroatoms. The summed E-state index contributed by atoms with van der Waals surface area (Å²) in [5, 5.41) is 13.4. The molecule has 2 N–H and O–H groups in total. The third-order valence-corrected chi connectivity index (χ3v) is 3.65. The number of H-pyrrole nitrogens is 1. The minimum atomic E-state index is -0.647. The number of hydrogen-bond acceptors (Lipinski definition) is 4. The molecule has 1 aliphatic carbocycles. The summed E-state index contributed by atoms with van der Waals surface area (Å²) < 4.78 is 0. The van der Waals surface area contributed by atoms with Crippen LogP contribution in [-0.4, -0.2) is 21.9 Å². The SMILES string of the molecule is CC1(C)CCC(NC(=O)c2cc([N+](=O)[O-])c[nH]c2=O)C1. The second kappa shape index (κ2) is 5.07. The Bertz CT molecular complexity index is 606. The number of nitrogens with zero attached hydrogens (tertiary/aromatic N) is 1. The first kappa shape index (κ1) is 14.2. The van der Waals surface area contributed by atoms with Gasteiger partial charge in [-0.1, -0.05) is 13.8 Å². The van der Waals surface area contributed by atoms with Crippen molar-refractivity contribution in [2.45, 2.75) is 39.2 Å². The van der Waals surface area contributed by atoms with Crippen LogP contribution in [0, 0.1) is 15.5 Å². The lowest BCUT2D eigenvalue weighted by atomic mass is 9.92. The van der Waals surface area contributed by atoms with Crippen molar-refractivity contribution in [3.05, 3.63) is 38.3 Å². The molecule has 7 nitrogen and oxygen atoms in total. The first-order valence-electron chi connectivity index (χ1n) is 6.46. The predicted octanol–water partition coefficient (Wildman–Crippen LogP) is 1.59. The molecule has 0 aromatic carbocycles. The summed E-state index contributed by atoms with van der Waals surface area (Å²) in [5.74, 6) is -0.558. The normalized spacial score (nSPS) is 20.6. The van der Waals surface area contributed by atoms with Crippen molar-refractivity contribution in [2.24, 2.45) is 5.41 Å². The number of carbonyl (C=O) groups excluding carboxylic acids is 1. The van der Waals surface area contributed by atoms with Gasteiger partial charge in [0.05, 0.1) is 11.1 Å². The van der Waals surface area contributed by atoms with E-state index in [0.717, 1.165) is 31.5 Å². The van der Waals surface area contributed by atoms with Crippen LogP contribution < -0.4 is 10.9 Å². The largest absolute Gasteiger partial charge is 0.349 e. The molecule has 0 saturated heterocycles. The average Bonchev–Trinajstić information content (AvgIpc) is 2.68. The highest BCUT2D eigenvalue weighted by atomic mass is 16.6. The lowest BCUT2D eigenvalue weighted by molar-refractivity contribution is -0.385. The van der Waals surface area contributed by atoms with Crippen molar-refractivity contribution >= 4 is 11.6 Å². The van der Waals surface area contributed by atoms with Crippen LogP contribution in [0.3, 0.4) is 0 Å². The van der Waals surface area contributed by atoms with Crippen molar-refractivity contribution < 1.29 is 9.72 Å². The van der Waals surface area contributed by atoms with E-state index in [9.17, 15) is 19.7 Å². The van der Waals surface area contributed by atoms with E-state index < -0.39 is 16.4 Å². The van der Waals surface area contributed by atoms with Crippen LogP contribution in [0.25, 0.3) is 0 Å². The Balaban J connectivity index is 2.15. The number of nitro groups is 1. The summed E-state index contributed by atoms with van der Waals surface area (Å²) in [6, 6.07) is 1.02. The molecule has 1 aromatic heterocycles. The molecule has 0 spiro atoms. The van der Waals surface area contributed by atoms with Gasteiger partial charge >= 0.3 is 0 Å². The van der Waals surface area contributed by atoms with E-state index in [1.165, 1.54) is 0 Å². The molecule has 1 amide bonds. The first-order valence-corrected chi connectivity index (χ1v) is 6.46. The molecule has 108 valence electrons. The van der Waals surface area contributed by atoms with E-state index in [2.05, 4.69) is 24.1 Å². The van der Waals surface area contributed by atoms with Crippen molar-refractivity contribution in [1.29, 1.82) is 0 Å². The van der Waals surface area contributed by atoms with Gasteiger partial charge in [-0.2, -0.15) is 0 Å². The number of aromatic nitrogens is 1. The third-order valence-electron chi connectivity index (χ3n) is 3.65. The molecular formula is C13H17N3O4. The maximum Gasteiger partial charge on any atom is 0.286 e. The maximum atomic E-state index is 12.1. The number of amides is 1. The highest BCUT2D eigenvalue weighted by Gasteiger charge is 2.32. The van der Waals surface area contributed by atoms with Gasteiger partial charge in [-0.15, -0.1) is 0 Å². The average molecular weight is 279 g/mol. The van der Waals surface area contributed by atoms with Crippen molar-refractivity contribution in [1.82, 2.24) is 10.3 Å². The summed E-state index contributed by atoms with van der Waals surface area (Å²) in [6.45, 7) is 4.25. The predicted molar refractivity (Wildman–Crippen MR) is 72.6 cm³/mol. The van der Waals surface area contributed by atoms with Crippen molar-refractivity contribution in [3.63, 3.8) is 0 Å². The lowest BCUT2D eigenvalue weighted by Crippen LogP contribution is -2.36. The zero-order valence-electron chi connectivity index (χ0n) is 11.4. The van der Waals surface area contributed by atoms with E-state index in [1.807, 2.05) is 0 Å². The van der Waals surface area contributed by atoms with Crippen LogP contribution in [0.4, 0.5) is 5.69 Å². The smallest absolute Gasteiger partial charge is 0.286 e. The lowest BCUT2D eigenvalue weighted by Gasteiger charge is -2.17. The fourth-order valence-electron chi connectivity index (χ4n) is 2.57. The van der Waals surface area contributed by atoms with Gasteiger partial charge in [0.1, 0.15) is 5.56 Å². The van der Waals surface area contributed by atoms with Gasteiger partial charge < -0.3 is 10.3 Å². The third kappa shape index (κ3) is 3.04. The van der Waals surface area contributed by atoms with Gasteiger partial charge in [-0.05, 0) is 24.7 Å². The van der Waals surface area contributed by atoms with Crippen molar-refractivity contribution in [3.8, 4) is 0 Å². The topological polar surface area (TPSA) is 105 Å².